The van der Waals surface area contributed by atoms with Crippen LogP contribution in [0.2, 0.25) is 0 Å². The molecule has 0 saturated carbocycles. The predicted octanol–water partition coefficient (Wildman–Crippen LogP) is 1.17. The summed E-state index contributed by atoms with van der Waals surface area (Å²) in [5.74, 6) is 0.602. The lowest BCUT2D eigenvalue weighted by molar-refractivity contribution is 0.505. The van der Waals surface area contributed by atoms with Gasteiger partial charge in [0.1, 0.15) is 0 Å². The van der Waals surface area contributed by atoms with Crippen LogP contribution in [0.4, 0.5) is 6.01 Å². The van der Waals surface area contributed by atoms with Crippen molar-refractivity contribution in [2.45, 2.75) is 32.6 Å². The third-order valence-electron chi connectivity index (χ3n) is 1.88. The van der Waals surface area contributed by atoms with Crippen LogP contribution in [-0.2, 0) is 6.42 Å². The normalized spacial score (nSPS) is 10.4. The van der Waals surface area contributed by atoms with E-state index < -0.39 is 0 Å². The van der Waals surface area contributed by atoms with Gasteiger partial charge in [0.05, 0.1) is 0 Å². The maximum Gasteiger partial charge on any atom is 0.315 e. The van der Waals surface area contributed by atoms with Crippen molar-refractivity contribution in [2.24, 2.45) is 5.73 Å². The Labute approximate surface area is 84.1 Å². The molecule has 0 spiro atoms. The monoisotopic (exact) mass is 198 g/mol. The topological polar surface area (TPSA) is 77.0 Å². The Balaban J connectivity index is 2.22. The van der Waals surface area contributed by atoms with E-state index in [0.717, 1.165) is 13.0 Å². The van der Waals surface area contributed by atoms with Crippen LogP contribution >= 0.6 is 0 Å². The Morgan fingerprint density at radius 3 is 2.93 bits per heavy atom. The predicted molar refractivity (Wildman–Crippen MR) is 55.1 cm³/mol. The zero-order valence-electron chi connectivity index (χ0n) is 8.62. The Bertz CT molecular complexity index is 249. The maximum absolute atomic E-state index is 5.36. The fraction of sp³-hybridized carbons (Fsp3) is 0.778. The number of unbranched alkanes of at least 4 members (excludes halogenated alkanes) is 2. The molecule has 1 aromatic rings. The maximum atomic E-state index is 5.36. The van der Waals surface area contributed by atoms with Crippen LogP contribution in [-0.4, -0.2) is 23.3 Å². The molecule has 0 aliphatic rings. The molecule has 0 aromatic carbocycles. The molecule has 0 atom stereocenters. The largest absolute Gasteiger partial charge is 0.408 e. The minimum absolute atomic E-state index is 0.504. The van der Waals surface area contributed by atoms with Crippen molar-refractivity contribution >= 4 is 6.01 Å². The summed E-state index contributed by atoms with van der Waals surface area (Å²) >= 11 is 0. The van der Waals surface area contributed by atoms with Crippen molar-refractivity contribution in [3.05, 3.63) is 5.89 Å². The first-order valence-electron chi connectivity index (χ1n) is 5.13. The summed E-state index contributed by atoms with van der Waals surface area (Å²) in [6, 6.07) is 0.504. The lowest BCUT2D eigenvalue weighted by Gasteiger charge is -1.98. The number of anilines is 1. The van der Waals surface area contributed by atoms with Gasteiger partial charge in [-0.2, -0.15) is 0 Å². The third kappa shape index (κ3) is 3.74. The fourth-order valence-corrected chi connectivity index (χ4v) is 1.12. The first-order chi connectivity index (χ1) is 6.86. The van der Waals surface area contributed by atoms with Gasteiger partial charge < -0.3 is 15.5 Å². The lowest BCUT2D eigenvalue weighted by Crippen LogP contribution is -2.02. The van der Waals surface area contributed by atoms with Crippen molar-refractivity contribution in [1.82, 2.24) is 10.2 Å². The highest BCUT2D eigenvalue weighted by atomic mass is 16.4. The third-order valence-corrected chi connectivity index (χ3v) is 1.88. The molecule has 5 heteroatoms. The molecule has 3 N–H and O–H groups in total. The quantitative estimate of drug-likeness (QED) is 0.643. The molecule has 0 saturated heterocycles. The molecule has 0 bridgehead atoms. The molecule has 80 valence electrons. The average molecular weight is 198 g/mol. The zero-order chi connectivity index (χ0) is 10.2. The molecule has 0 amide bonds. The van der Waals surface area contributed by atoms with Crippen LogP contribution in [0.25, 0.3) is 0 Å². The molecule has 5 nitrogen and oxygen atoms in total. The van der Waals surface area contributed by atoms with Crippen molar-refractivity contribution in [2.75, 3.05) is 18.4 Å². The Morgan fingerprint density at radius 1 is 1.36 bits per heavy atom. The highest BCUT2D eigenvalue weighted by Crippen LogP contribution is 2.05. The van der Waals surface area contributed by atoms with Crippen LogP contribution in [0, 0.1) is 0 Å². The zero-order valence-corrected chi connectivity index (χ0v) is 8.62. The van der Waals surface area contributed by atoms with Crippen LogP contribution < -0.4 is 11.1 Å². The van der Waals surface area contributed by atoms with Gasteiger partial charge in [0, 0.05) is 19.5 Å². The summed E-state index contributed by atoms with van der Waals surface area (Å²) < 4.78 is 5.29. The van der Waals surface area contributed by atoms with E-state index >= 15 is 0 Å². The molecule has 0 fully saturated rings. The van der Waals surface area contributed by atoms with E-state index in [4.69, 9.17) is 10.2 Å². The number of hydrogen-bond donors (Lipinski definition) is 2. The van der Waals surface area contributed by atoms with Gasteiger partial charge in [-0.1, -0.05) is 24.9 Å². The van der Waals surface area contributed by atoms with E-state index in [9.17, 15) is 0 Å². The summed E-state index contributed by atoms with van der Waals surface area (Å²) in [6.45, 7) is 3.60. The highest BCUT2D eigenvalue weighted by molar-refractivity contribution is 5.16. The smallest absolute Gasteiger partial charge is 0.315 e. The van der Waals surface area contributed by atoms with E-state index in [1.165, 1.54) is 12.8 Å². The van der Waals surface area contributed by atoms with Gasteiger partial charge in [-0.05, 0) is 6.42 Å². The number of rotatable bonds is 7. The highest BCUT2D eigenvalue weighted by Gasteiger charge is 2.03. The average Bonchev–Trinajstić information content (AvgIpc) is 2.61. The number of nitrogens with two attached hydrogens (primary N) is 1. The summed E-state index contributed by atoms with van der Waals surface area (Å²) in [5, 5.41) is 10.8. The Kier molecular flexibility index (Phi) is 4.99. The van der Waals surface area contributed by atoms with Crippen molar-refractivity contribution in [3.8, 4) is 0 Å². The number of aromatic nitrogens is 2. The number of nitrogens with one attached hydrogen (secondary N) is 1. The van der Waals surface area contributed by atoms with Crippen LogP contribution in [0.3, 0.4) is 0 Å². The molecule has 1 heterocycles. The van der Waals surface area contributed by atoms with Gasteiger partial charge in [-0.3, -0.25) is 0 Å². The van der Waals surface area contributed by atoms with E-state index in [1.54, 1.807) is 0 Å². The van der Waals surface area contributed by atoms with E-state index in [-0.39, 0.29) is 0 Å². The van der Waals surface area contributed by atoms with Gasteiger partial charge in [0.15, 0.2) is 0 Å². The van der Waals surface area contributed by atoms with Gasteiger partial charge in [-0.25, -0.2) is 0 Å². The van der Waals surface area contributed by atoms with Crippen molar-refractivity contribution < 1.29 is 4.42 Å². The number of hydrogen-bond acceptors (Lipinski definition) is 5. The summed E-state index contributed by atoms with van der Waals surface area (Å²) in [7, 11) is 0. The van der Waals surface area contributed by atoms with Gasteiger partial charge >= 0.3 is 6.01 Å². The van der Waals surface area contributed by atoms with Crippen molar-refractivity contribution in [1.29, 1.82) is 0 Å². The van der Waals surface area contributed by atoms with Crippen molar-refractivity contribution in [3.63, 3.8) is 0 Å². The summed E-state index contributed by atoms with van der Waals surface area (Å²) in [6.07, 6.45) is 4.20. The fourth-order valence-electron chi connectivity index (χ4n) is 1.12. The molecule has 0 unspecified atom stereocenters. The first kappa shape index (κ1) is 11.0. The van der Waals surface area contributed by atoms with Crippen LogP contribution in [0.15, 0.2) is 4.42 Å². The van der Waals surface area contributed by atoms with Gasteiger partial charge in [-0.15, -0.1) is 5.10 Å². The summed E-state index contributed by atoms with van der Waals surface area (Å²) in [4.78, 5) is 0. The molecule has 0 aliphatic heterocycles. The minimum atomic E-state index is 0.504. The molecule has 0 aliphatic carbocycles. The number of nitrogens with zero attached hydrogens (tertiary/aromatic N) is 2. The molecular weight excluding hydrogens is 180 g/mol. The van der Waals surface area contributed by atoms with Crippen LogP contribution in [0.1, 0.15) is 32.1 Å². The molecular formula is C9H18N4O. The second kappa shape index (κ2) is 6.37. The molecule has 0 radical (unpaired) electrons. The standard InChI is InChI=1S/C9H18N4O/c1-2-3-4-7-11-9-13-12-8(14-9)5-6-10/h2-7,10H2,1H3,(H,11,13). The summed E-state index contributed by atoms with van der Waals surface area (Å²) in [5.41, 5.74) is 5.36. The molecule has 1 aromatic heterocycles. The SMILES string of the molecule is CCCCCNc1nnc(CCN)o1. The second-order valence-corrected chi connectivity index (χ2v) is 3.17. The first-order valence-corrected chi connectivity index (χ1v) is 5.13. The van der Waals surface area contributed by atoms with E-state index in [1.807, 2.05) is 0 Å². The Morgan fingerprint density at radius 2 is 2.21 bits per heavy atom. The lowest BCUT2D eigenvalue weighted by atomic mass is 10.2. The van der Waals surface area contributed by atoms with Gasteiger partial charge in [0.25, 0.3) is 0 Å². The minimum Gasteiger partial charge on any atom is -0.408 e. The molecule has 14 heavy (non-hydrogen) atoms. The van der Waals surface area contributed by atoms with E-state index in [0.29, 0.717) is 24.9 Å². The second-order valence-electron chi connectivity index (χ2n) is 3.17. The Hall–Kier alpha value is -1.10. The molecule has 1 rings (SSSR count). The van der Waals surface area contributed by atoms with Crippen LogP contribution in [0.5, 0.6) is 0 Å². The van der Waals surface area contributed by atoms with Gasteiger partial charge in [0.2, 0.25) is 5.89 Å². The van der Waals surface area contributed by atoms with E-state index in [2.05, 4.69) is 22.4 Å².